The summed E-state index contributed by atoms with van der Waals surface area (Å²) >= 11 is 7.08. The van der Waals surface area contributed by atoms with Crippen molar-refractivity contribution in [3.8, 4) is 0 Å². The minimum Gasteiger partial charge on any atom is -0.475 e. The van der Waals surface area contributed by atoms with Gasteiger partial charge in [0.1, 0.15) is 7.11 Å². The number of nitrogens with two attached hydrogens (primary N) is 1. The molecule has 1 aliphatic rings. The summed E-state index contributed by atoms with van der Waals surface area (Å²) in [4.78, 5) is 18.5. The molecule has 0 saturated heterocycles. The first-order valence-corrected chi connectivity index (χ1v) is 9.04. The highest BCUT2D eigenvalue weighted by atomic mass is 79.9. The van der Waals surface area contributed by atoms with Gasteiger partial charge in [0.05, 0.1) is 17.8 Å². The molecule has 2 heterocycles. The van der Waals surface area contributed by atoms with E-state index in [1.54, 1.807) is 11.8 Å². The number of aromatic nitrogens is 1. The maximum Gasteiger partial charge on any atom is 0.490 e. The van der Waals surface area contributed by atoms with Gasteiger partial charge < -0.3 is 21.0 Å². The SMILES string of the molecule is COn1cc(C2CCN=C(N)N2)c2cc(Br)c(Br)cc21.O=C(O)C(F)(F)F. The number of nitrogens with one attached hydrogen (secondary N) is 1. The van der Waals surface area contributed by atoms with Crippen LogP contribution in [0.3, 0.4) is 0 Å². The largest absolute Gasteiger partial charge is 0.490 e. The summed E-state index contributed by atoms with van der Waals surface area (Å²) in [5.74, 6) is -2.26. The lowest BCUT2D eigenvalue weighted by atomic mass is 10.0. The summed E-state index contributed by atoms with van der Waals surface area (Å²) in [6.07, 6.45) is -2.17. The summed E-state index contributed by atoms with van der Waals surface area (Å²) in [6.45, 7) is 0.737. The van der Waals surface area contributed by atoms with E-state index in [1.807, 2.05) is 12.3 Å². The minimum absolute atomic E-state index is 0.152. The molecule has 27 heavy (non-hydrogen) atoms. The van der Waals surface area contributed by atoms with Crippen LogP contribution >= 0.6 is 31.9 Å². The van der Waals surface area contributed by atoms with E-state index in [1.165, 1.54) is 0 Å². The monoisotopic (exact) mass is 514 g/mol. The average Bonchev–Trinajstić information content (AvgIpc) is 2.92. The number of benzene rings is 1. The van der Waals surface area contributed by atoms with Crippen molar-refractivity contribution in [3.05, 3.63) is 32.8 Å². The number of aliphatic imine (C=N–C) groups is 1. The molecule has 0 spiro atoms. The number of rotatable bonds is 2. The van der Waals surface area contributed by atoms with Crippen LogP contribution in [-0.4, -0.2) is 41.6 Å². The number of nitrogens with zero attached hydrogens (tertiary/aromatic N) is 2. The van der Waals surface area contributed by atoms with Crippen LogP contribution in [0.5, 0.6) is 0 Å². The standard InChI is InChI=1S/C13H14Br2N4O.C2HF3O2/c1-20-19-6-8(11-2-3-17-13(16)18-11)7-4-9(14)10(15)5-12(7)19;3-2(4,5)1(6)7/h4-6,11H,2-3H2,1H3,(H3,16,17,18);(H,6,7). The second kappa shape index (κ2) is 8.38. The van der Waals surface area contributed by atoms with E-state index in [-0.39, 0.29) is 6.04 Å². The third-order valence-corrected chi connectivity index (χ3v) is 5.52. The number of halogens is 5. The Bertz CT molecular complexity index is 883. The zero-order valence-corrected chi connectivity index (χ0v) is 17.0. The predicted octanol–water partition coefficient (Wildman–Crippen LogP) is 3.21. The molecule has 1 aromatic heterocycles. The number of carbonyl (C=O) groups is 1. The zero-order chi connectivity index (χ0) is 20.4. The Hall–Kier alpha value is -1.95. The number of alkyl halides is 3. The molecule has 1 aliphatic heterocycles. The van der Waals surface area contributed by atoms with E-state index in [0.717, 1.165) is 38.4 Å². The number of hydrogen-bond acceptors (Lipinski definition) is 5. The fraction of sp³-hybridized carbons (Fsp3) is 0.333. The van der Waals surface area contributed by atoms with Gasteiger partial charge >= 0.3 is 12.1 Å². The summed E-state index contributed by atoms with van der Waals surface area (Å²) < 4.78 is 35.5. The Labute approximate surface area is 168 Å². The van der Waals surface area contributed by atoms with Crippen molar-refractivity contribution in [2.75, 3.05) is 13.7 Å². The summed E-state index contributed by atoms with van der Waals surface area (Å²) in [5, 5.41) is 11.5. The molecule has 12 heteroatoms. The fourth-order valence-corrected chi connectivity index (χ4v) is 3.16. The molecule has 1 aromatic carbocycles. The second-order valence-corrected chi connectivity index (χ2v) is 7.14. The highest BCUT2D eigenvalue weighted by molar-refractivity contribution is 9.13. The number of carboxylic acids is 1. The molecule has 3 rings (SSSR count). The van der Waals surface area contributed by atoms with E-state index in [0.29, 0.717) is 5.96 Å². The molecule has 1 unspecified atom stereocenters. The summed E-state index contributed by atoms with van der Waals surface area (Å²) in [6, 6.07) is 4.28. The van der Waals surface area contributed by atoms with Gasteiger partial charge in [-0.2, -0.15) is 17.9 Å². The maximum atomic E-state index is 10.6. The van der Waals surface area contributed by atoms with Gasteiger partial charge in [0.15, 0.2) is 5.96 Å². The molecule has 148 valence electrons. The lowest BCUT2D eigenvalue weighted by Crippen LogP contribution is -2.38. The molecular weight excluding hydrogens is 501 g/mol. The second-order valence-electron chi connectivity index (χ2n) is 5.43. The number of guanidine groups is 1. The lowest BCUT2D eigenvalue weighted by Gasteiger charge is -2.22. The molecule has 0 aliphatic carbocycles. The van der Waals surface area contributed by atoms with Gasteiger partial charge in [0.25, 0.3) is 0 Å². The van der Waals surface area contributed by atoms with E-state index in [9.17, 15) is 13.2 Å². The summed E-state index contributed by atoms with van der Waals surface area (Å²) in [7, 11) is 1.66. The highest BCUT2D eigenvalue weighted by Gasteiger charge is 2.38. The third kappa shape index (κ3) is 5.06. The molecule has 1 atom stereocenters. The van der Waals surface area contributed by atoms with Crippen molar-refractivity contribution < 1.29 is 27.9 Å². The summed E-state index contributed by atoms with van der Waals surface area (Å²) in [5.41, 5.74) is 7.96. The van der Waals surface area contributed by atoms with E-state index >= 15 is 0 Å². The fourth-order valence-electron chi connectivity index (χ4n) is 2.49. The van der Waals surface area contributed by atoms with Crippen molar-refractivity contribution in [2.24, 2.45) is 10.7 Å². The van der Waals surface area contributed by atoms with E-state index < -0.39 is 12.1 Å². The highest BCUT2D eigenvalue weighted by Crippen LogP contribution is 2.34. The van der Waals surface area contributed by atoms with Gasteiger partial charge in [-0.15, -0.1) is 0 Å². The van der Waals surface area contributed by atoms with Crippen LogP contribution in [0, 0.1) is 0 Å². The van der Waals surface area contributed by atoms with Crippen LogP contribution in [-0.2, 0) is 4.79 Å². The molecule has 7 nitrogen and oxygen atoms in total. The van der Waals surface area contributed by atoms with Crippen molar-refractivity contribution in [3.63, 3.8) is 0 Å². The topological polar surface area (TPSA) is 102 Å². The molecular formula is C15H15Br2F3N4O3. The van der Waals surface area contributed by atoms with Crippen LogP contribution in [0.4, 0.5) is 13.2 Å². The Kier molecular flexibility index (Phi) is 6.63. The Morgan fingerprint density at radius 1 is 1.41 bits per heavy atom. The Morgan fingerprint density at radius 3 is 2.52 bits per heavy atom. The quantitative estimate of drug-likeness (QED) is 0.570. The number of hydrogen-bond donors (Lipinski definition) is 3. The minimum atomic E-state index is -5.08. The van der Waals surface area contributed by atoms with E-state index in [2.05, 4.69) is 48.2 Å². The first-order valence-electron chi connectivity index (χ1n) is 7.45. The maximum absolute atomic E-state index is 10.6. The lowest BCUT2D eigenvalue weighted by molar-refractivity contribution is -0.192. The van der Waals surface area contributed by atoms with E-state index in [4.69, 9.17) is 20.5 Å². The van der Waals surface area contributed by atoms with Crippen LogP contribution in [0.2, 0.25) is 0 Å². The number of carboxylic acid groups (broad SMARTS) is 1. The Balaban J connectivity index is 0.000000321. The van der Waals surface area contributed by atoms with Crippen LogP contribution in [0.15, 0.2) is 32.3 Å². The molecule has 0 fully saturated rings. The third-order valence-electron chi connectivity index (χ3n) is 3.68. The van der Waals surface area contributed by atoms with Gasteiger partial charge in [-0.05, 0) is 50.4 Å². The van der Waals surface area contributed by atoms with Crippen molar-refractivity contribution >= 4 is 54.7 Å². The number of aliphatic carboxylic acids is 1. The smallest absolute Gasteiger partial charge is 0.475 e. The predicted molar refractivity (Wildman–Crippen MR) is 101 cm³/mol. The van der Waals surface area contributed by atoms with Crippen LogP contribution in [0.25, 0.3) is 10.9 Å². The first kappa shape index (κ1) is 21.4. The molecule has 4 N–H and O–H groups in total. The molecule has 0 saturated carbocycles. The van der Waals surface area contributed by atoms with Gasteiger partial charge in [-0.25, -0.2) is 4.79 Å². The number of fused-ring (bicyclic) bond motifs is 1. The first-order chi connectivity index (χ1) is 12.5. The molecule has 0 bridgehead atoms. The molecule has 0 radical (unpaired) electrons. The van der Waals surface area contributed by atoms with Gasteiger partial charge in [-0.3, -0.25) is 4.99 Å². The Morgan fingerprint density at radius 2 is 2.00 bits per heavy atom. The van der Waals surface area contributed by atoms with Crippen LogP contribution < -0.4 is 15.9 Å². The van der Waals surface area contributed by atoms with Crippen molar-refractivity contribution in [2.45, 2.75) is 18.6 Å². The zero-order valence-electron chi connectivity index (χ0n) is 13.8. The van der Waals surface area contributed by atoms with Gasteiger partial charge in [0.2, 0.25) is 0 Å². The van der Waals surface area contributed by atoms with Crippen LogP contribution in [0.1, 0.15) is 18.0 Å². The molecule has 2 aromatic rings. The average molecular weight is 516 g/mol. The van der Waals surface area contributed by atoms with Gasteiger partial charge in [0, 0.05) is 26.4 Å². The normalized spacial score (nSPS) is 16.8. The molecule has 0 amide bonds. The van der Waals surface area contributed by atoms with Crippen molar-refractivity contribution in [1.29, 1.82) is 0 Å². The van der Waals surface area contributed by atoms with Gasteiger partial charge in [-0.1, -0.05) is 0 Å². The van der Waals surface area contributed by atoms with Crippen molar-refractivity contribution in [1.82, 2.24) is 10.0 Å².